The van der Waals surface area contributed by atoms with Crippen molar-refractivity contribution in [3.63, 3.8) is 0 Å². The Bertz CT molecular complexity index is 2120. The Morgan fingerprint density at radius 2 is 1.61 bits per heavy atom. The Morgan fingerprint density at radius 3 is 2.31 bits per heavy atom. The van der Waals surface area contributed by atoms with Gasteiger partial charge in [0, 0.05) is 53.9 Å². The van der Waals surface area contributed by atoms with Crippen molar-refractivity contribution in [1.29, 1.82) is 0 Å². The highest BCUT2D eigenvalue weighted by molar-refractivity contribution is 7.85. The van der Waals surface area contributed by atoms with Crippen molar-refractivity contribution in [3.8, 4) is 11.8 Å². The van der Waals surface area contributed by atoms with Gasteiger partial charge < -0.3 is 20.0 Å². The highest BCUT2D eigenvalue weighted by Gasteiger charge is 2.48. The van der Waals surface area contributed by atoms with Crippen LogP contribution in [0.5, 0.6) is 11.8 Å². The number of nitrogens with zero attached hydrogens (tertiary/aromatic N) is 3. The van der Waals surface area contributed by atoms with E-state index in [1.54, 1.807) is 25.2 Å². The van der Waals surface area contributed by atoms with Crippen molar-refractivity contribution in [2.75, 3.05) is 17.2 Å². The van der Waals surface area contributed by atoms with Crippen molar-refractivity contribution in [2.45, 2.75) is 57.3 Å². The van der Waals surface area contributed by atoms with Crippen LogP contribution in [0.1, 0.15) is 63.0 Å². The molecule has 1 aliphatic rings. The number of hydrogen-bond acceptors (Lipinski definition) is 7. The van der Waals surface area contributed by atoms with E-state index in [1.165, 1.54) is 4.90 Å². The summed E-state index contributed by atoms with van der Waals surface area (Å²) in [5, 5.41) is 20.3. The molecule has 2 aromatic carbocycles. The first-order valence-electron chi connectivity index (χ1n) is 16.3. The second-order valence-corrected chi connectivity index (χ2v) is 14.2. The Kier molecular flexibility index (Phi) is 11.1. The zero-order valence-electron chi connectivity index (χ0n) is 28.0. The lowest BCUT2D eigenvalue weighted by molar-refractivity contribution is -0.644. The van der Waals surface area contributed by atoms with Crippen LogP contribution in [-0.2, 0) is 27.4 Å². The third-order valence-corrected chi connectivity index (χ3v) is 9.91. The number of unbranched alkanes of at least 4 members (excludes halogenated alkanes) is 3. The topological polar surface area (TPSA) is 133 Å². The maximum Gasteiger partial charge on any atom is 0.333 e. The van der Waals surface area contributed by atoms with Gasteiger partial charge in [0.2, 0.25) is 17.3 Å². The summed E-state index contributed by atoms with van der Waals surface area (Å²) in [5.41, 5.74) is -0.232. The van der Waals surface area contributed by atoms with Crippen LogP contribution in [0, 0.1) is 23.3 Å². The van der Waals surface area contributed by atoms with Crippen molar-refractivity contribution in [2.24, 2.45) is 7.05 Å². The molecule has 0 spiro atoms. The van der Waals surface area contributed by atoms with Gasteiger partial charge in [-0.15, -0.1) is 4.73 Å². The first-order chi connectivity index (χ1) is 24.1. The molecule has 1 aliphatic heterocycles. The lowest BCUT2D eigenvalue weighted by Gasteiger charge is -2.30. The van der Waals surface area contributed by atoms with Gasteiger partial charge in [-0.3, -0.25) is 4.55 Å². The summed E-state index contributed by atoms with van der Waals surface area (Å²) in [7, 11) is -2.40. The van der Waals surface area contributed by atoms with Gasteiger partial charge in [0.1, 0.15) is 7.05 Å². The molecule has 3 N–H and O–H groups in total. The van der Waals surface area contributed by atoms with E-state index in [9.17, 15) is 36.8 Å². The number of pyridine rings is 1. The molecule has 51 heavy (non-hydrogen) atoms. The van der Waals surface area contributed by atoms with Gasteiger partial charge in [-0.2, -0.15) is 8.42 Å². The summed E-state index contributed by atoms with van der Waals surface area (Å²) >= 11 is 0. The van der Waals surface area contributed by atoms with E-state index >= 15 is 8.78 Å². The molecule has 0 aliphatic carbocycles. The molecule has 0 amide bonds. The van der Waals surface area contributed by atoms with Crippen molar-refractivity contribution in [1.82, 2.24) is 4.73 Å². The molecule has 0 fully saturated rings. The third-order valence-electron chi connectivity index (χ3n) is 9.11. The Labute approximate surface area is 292 Å². The molecule has 0 radical (unpaired) electrons. The van der Waals surface area contributed by atoms with E-state index in [0.717, 1.165) is 28.6 Å². The predicted octanol–water partition coefficient (Wildman–Crippen LogP) is 6.38. The quantitative estimate of drug-likeness (QED) is 0.0340. The molecule has 2 aromatic heterocycles. The molecule has 4 aromatic rings. The number of aromatic nitrogens is 2. The zero-order valence-corrected chi connectivity index (χ0v) is 28.8. The first kappa shape index (κ1) is 37.4. The summed E-state index contributed by atoms with van der Waals surface area (Å²) in [4.78, 5) is 18.6. The molecule has 0 bridgehead atoms. The largest absolute Gasteiger partial charge is 0.492 e. The first-order valence-corrected chi connectivity index (χ1v) is 17.9. The maximum absolute atomic E-state index is 15.7. The summed E-state index contributed by atoms with van der Waals surface area (Å²) in [5.74, 6) is -9.34. The molecule has 0 saturated heterocycles. The monoisotopic (exact) mass is 732 g/mol. The summed E-state index contributed by atoms with van der Waals surface area (Å²) in [6.07, 6.45) is 7.86. The lowest BCUT2D eigenvalue weighted by Crippen LogP contribution is -2.30. The van der Waals surface area contributed by atoms with Crippen LogP contribution < -0.4 is 14.3 Å². The highest BCUT2D eigenvalue weighted by Crippen LogP contribution is 2.54. The average molecular weight is 733 g/mol. The van der Waals surface area contributed by atoms with E-state index in [2.05, 4.69) is 0 Å². The number of carbonyl (C=O) groups is 1. The molecule has 15 heteroatoms. The smallest absolute Gasteiger partial charge is 0.333 e. The minimum Gasteiger partial charge on any atom is -0.492 e. The van der Waals surface area contributed by atoms with E-state index in [-0.39, 0.29) is 45.1 Å². The number of allylic oxidation sites excluding steroid dienone is 3. The molecule has 272 valence electrons. The normalized spacial score (nSPS) is 16.8. The molecule has 1 atom stereocenters. The van der Waals surface area contributed by atoms with E-state index in [1.807, 2.05) is 48.1 Å². The minimum absolute atomic E-state index is 0.00213. The van der Waals surface area contributed by atoms with Gasteiger partial charge in [0.05, 0.1) is 16.8 Å². The predicted molar refractivity (Wildman–Crippen MR) is 181 cm³/mol. The SMILES string of the molecule is C[n+]1ccc(C=CC=C2N(CCCCCC(=O)On3c(O)ccc3O)c3c(F)c(F)c(F)c(F)c3C2(C)CCCCS(=O)(=O)O)c2ccccc21. The molecule has 5 rings (SSSR count). The molecule has 0 saturated carbocycles. The van der Waals surface area contributed by atoms with E-state index < -0.39 is 73.5 Å². The summed E-state index contributed by atoms with van der Waals surface area (Å²) < 4.78 is 95.6. The second-order valence-electron chi connectivity index (χ2n) is 12.6. The third kappa shape index (κ3) is 7.89. The minimum atomic E-state index is -4.30. The van der Waals surface area contributed by atoms with Gasteiger partial charge in [-0.05, 0) is 50.3 Å². The molecule has 3 heterocycles. The van der Waals surface area contributed by atoms with Crippen LogP contribution in [0.3, 0.4) is 0 Å². The number of rotatable bonds is 14. The number of benzene rings is 2. The van der Waals surface area contributed by atoms with Gasteiger partial charge in [-0.25, -0.2) is 26.9 Å². The van der Waals surface area contributed by atoms with Crippen molar-refractivity contribution >= 4 is 38.8 Å². The van der Waals surface area contributed by atoms with Crippen molar-refractivity contribution in [3.05, 3.63) is 101 Å². The molecule has 10 nitrogen and oxygen atoms in total. The second kappa shape index (κ2) is 15.2. The number of aromatic hydroxyl groups is 2. The van der Waals surface area contributed by atoms with Gasteiger partial charge in [-0.1, -0.05) is 37.1 Å². The number of carbonyl (C=O) groups excluding carboxylic acids is 1. The van der Waals surface area contributed by atoms with Crippen LogP contribution in [0.4, 0.5) is 23.2 Å². The lowest BCUT2D eigenvalue weighted by atomic mass is 9.76. The fourth-order valence-corrected chi connectivity index (χ4v) is 7.15. The highest BCUT2D eigenvalue weighted by atomic mass is 32.2. The van der Waals surface area contributed by atoms with Gasteiger partial charge in [0.15, 0.2) is 29.5 Å². The summed E-state index contributed by atoms with van der Waals surface area (Å²) in [6.45, 7) is 1.56. The molecule has 1 unspecified atom stereocenters. The van der Waals surface area contributed by atoms with Crippen LogP contribution in [0.15, 0.2) is 66.5 Å². The van der Waals surface area contributed by atoms with Crippen LogP contribution in [-0.4, -0.2) is 46.2 Å². The Hall–Kier alpha value is -4.89. The van der Waals surface area contributed by atoms with Crippen molar-refractivity contribution < 1.29 is 54.9 Å². The van der Waals surface area contributed by atoms with Crippen LogP contribution >= 0.6 is 0 Å². The van der Waals surface area contributed by atoms with Crippen LogP contribution in [0.25, 0.3) is 17.0 Å². The number of fused-ring (bicyclic) bond motifs is 2. The maximum atomic E-state index is 15.7. The summed E-state index contributed by atoms with van der Waals surface area (Å²) in [6, 6.07) is 11.8. The Balaban J connectivity index is 1.46. The van der Waals surface area contributed by atoms with E-state index in [0.29, 0.717) is 16.8 Å². The number of anilines is 1. The number of halogens is 4. The molecular formula is C36H38F4N3O7S+. The molecular weight excluding hydrogens is 694 g/mol. The van der Waals surface area contributed by atoms with Crippen LogP contribution in [0.2, 0.25) is 0 Å². The Morgan fingerprint density at radius 1 is 0.922 bits per heavy atom. The standard InChI is InChI=1S/C36H37F4N3O7S/c1-36(19-7-9-22-51(47,48)49)26(14-10-11-23-18-21-41(2)25-13-6-5-12-24(23)25)42(35-30(36)31(37)32(38)33(39)34(35)40)20-8-3-4-15-29(46)50-43-27(44)16-17-28(43)45/h5-6,10-14,16-18,21H,3-4,7-9,15,19-20,22H2,1-2H3,(H2-,44,45,47,48,49)/p+1. The van der Waals surface area contributed by atoms with Gasteiger partial charge in [0.25, 0.3) is 10.1 Å². The number of hydrogen-bond donors (Lipinski definition) is 3. The average Bonchev–Trinajstić information content (AvgIpc) is 3.53. The van der Waals surface area contributed by atoms with Gasteiger partial charge >= 0.3 is 5.97 Å². The number of aryl methyl sites for hydroxylation is 1. The fourth-order valence-electron chi connectivity index (χ4n) is 6.58. The number of para-hydroxylation sites is 1. The van der Waals surface area contributed by atoms with E-state index in [4.69, 9.17) is 4.84 Å². The zero-order chi connectivity index (χ0) is 37.1. The fraction of sp³-hybridized carbons (Fsp3) is 0.333.